The summed E-state index contributed by atoms with van der Waals surface area (Å²) in [5, 5.41) is 0. The lowest BCUT2D eigenvalue weighted by Crippen LogP contribution is -2.32. The van der Waals surface area contributed by atoms with E-state index >= 15 is 0 Å². The zero-order valence-corrected chi connectivity index (χ0v) is 14.9. The van der Waals surface area contributed by atoms with E-state index in [1.54, 1.807) is 23.4 Å². The minimum absolute atomic E-state index is 0.156. The first-order chi connectivity index (χ1) is 11.4. The van der Waals surface area contributed by atoms with Crippen molar-refractivity contribution in [3.63, 3.8) is 0 Å². The number of hydrogen-bond donors (Lipinski definition) is 1. The maximum absolute atomic E-state index is 12.9. The number of benzene rings is 1. The molecule has 24 heavy (non-hydrogen) atoms. The van der Waals surface area contributed by atoms with Crippen LogP contribution in [0.1, 0.15) is 35.2 Å². The van der Waals surface area contributed by atoms with Gasteiger partial charge in [0.05, 0.1) is 4.90 Å². The fraction of sp³-hybridized carbons (Fsp3) is 0.588. The monoisotopic (exact) mass is 351 g/mol. The van der Waals surface area contributed by atoms with Crippen molar-refractivity contribution in [3.8, 4) is 0 Å². The quantitative estimate of drug-likeness (QED) is 0.864. The number of likely N-dealkylation sites (tertiary alicyclic amines) is 1. The fourth-order valence-electron chi connectivity index (χ4n) is 3.67. The summed E-state index contributed by atoms with van der Waals surface area (Å²) < 4.78 is 27.3. The summed E-state index contributed by atoms with van der Waals surface area (Å²) in [6, 6.07) is 4.61. The normalized spacial score (nSPS) is 23.0. The number of nitrogens with zero attached hydrogens (tertiary/aromatic N) is 2. The average Bonchev–Trinajstić information content (AvgIpc) is 3.19. The second-order valence-electron chi connectivity index (χ2n) is 6.87. The highest BCUT2D eigenvalue weighted by Gasteiger charge is 2.34. The highest BCUT2D eigenvalue weighted by Crippen LogP contribution is 2.27. The Labute approximate surface area is 143 Å². The fourth-order valence-corrected chi connectivity index (χ4v) is 5.23. The van der Waals surface area contributed by atoms with Crippen LogP contribution in [0.3, 0.4) is 0 Å². The predicted octanol–water partition coefficient (Wildman–Crippen LogP) is 1.20. The largest absolute Gasteiger partial charge is 0.366 e. The number of amides is 1. The Hall–Kier alpha value is -1.44. The van der Waals surface area contributed by atoms with Gasteiger partial charge >= 0.3 is 0 Å². The van der Waals surface area contributed by atoms with Crippen molar-refractivity contribution in [3.05, 3.63) is 29.3 Å². The minimum Gasteiger partial charge on any atom is -0.366 e. The van der Waals surface area contributed by atoms with Crippen molar-refractivity contribution >= 4 is 15.9 Å². The van der Waals surface area contributed by atoms with Gasteiger partial charge in [0.15, 0.2) is 0 Å². The van der Waals surface area contributed by atoms with Crippen molar-refractivity contribution in [2.24, 2.45) is 11.7 Å². The summed E-state index contributed by atoms with van der Waals surface area (Å²) in [6.45, 7) is 6.08. The van der Waals surface area contributed by atoms with Gasteiger partial charge < -0.3 is 10.6 Å². The third-order valence-electron chi connectivity index (χ3n) is 5.08. The van der Waals surface area contributed by atoms with Gasteiger partial charge in [0, 0.05) is 25.2 Å². The van der Waals surface area contributed by atoms with E-state index in [0.29, 0.717) is 24.6 Å². The van der Waals surface area contributed by atoms with E-state index in [4.69, 9.17) is 5.73 Å². The highest BCUT2D eigenvalue weighted by atomic mass is 32.2. The Morgan fingerprint density at radius 3 is 2.62 bits per heavy atom. The molecule has 132 valence electrons. The van der Waals surface area contributed by atoms with Crippen LogP contribution in [0.2, 0.25) is 0 Å². The molecule has 1 aromatic rings. The number of carbonyl (C=O) groups excluding carboxylic acids is 1. The van der Waals surface area contributed by atoms with Crippen LogP contribution >= 0.6 is 0 Å². The number of aryl methyl sites for hydroxylation is 1. The van der Waals surface area contributed by atoms with Crippen LogP contribution < -0.4 is 5.73 Å². The smallest absolute Gasteiger partial charge is 0.249 e. The van der Waals surface area contributed by atoms with Crippen LogP contribution in [-0.2, 0) is 10.0 Å². The zero-order chi connectivity index (χ0) is 17.3. The maximum atomic E-state index is 12.9. The Bertz CT molecular complexity index is 727. The summed E-state index contributed by atoms with van der Waals surface area (Å²) in [7, 11) is -3.57. The third-order valence-corrected chi connectivity index (χ3v) is 6.94. The van der Waals surface area contributed by atoms with E-state index in [1.165, 1.54) is 18.9 Å². The topological polar surface area (TPSA) is 83.7 Å². The third kappa shape index (κ3) is 3.48. The van der Waals surface area contributed by atoms with Crippen LogP contribution in [-0.4, -0.2) is 56.3 Å². The van der Waals surface area contributed by atoms with Crippen LogP contribution in [0.4, 0.5) is 0 Å². The van der Waals surface area contributed by atoms with Crippen LogP contribution in [0, 0.1) is 12.8 Å². The predicted molar refractivity (Wildman–Crippen MR) is 92.2 cm³/mol. The molecule has 2 fully saturated rings. The van der Waals surface area contributed by atoms with Crippen molar-refractivity contribution in [1.29, 1.82) is 0 Å². The number of sulfonamides is 1. The maximum Gasteiger partial charge on any atom is 0.249 e. The first-order valence-corrected chi connectivity index (χ1v) is 9.95. The van der Waals surface area contributed by atoms with E-state index in [-0.39, 0.29) is 10.5 Å². The van der Waals surface area contributed by atoms with Gasteiger partial charge in [-0.05, 0) is 62.9 Å². The van der Waals surface area contributed by atoms with E-state index in [0.717, 1.165) is 26.1 Å². The molecule has 1 atom stereocenters. The number of hydrogen-bond acceptors (Lipinski definition) is 4. The van der Waals surface area contributed by atoms with Gasteiger partial charge in [-0.2, -0.15) is 4.31 Å². The summed E-state index contributed by atoms with van der Waals surface area (Å²) in [4.78, 5) is 14.1. The van der Waals surface area contributed by atoms with Gasteiger partial charge in [-0.3, -0.25) is 4.79 Å². The number of nitrogens with two attached hydrogens (primary N) is 1. The lowest BCUT2D eigenvalue weighted by atomic mass is 10.1. The highest BCUT2D eigenvalue weighted by molar-refractivity contribution is 7.89. The average molecular weight is 351 g/mol. The van der Waals surface area contributed by atoms with Crippen molar-refractivity contribution in [1.82, 2.24) is 9.21 Å². The van der Waals surface area contributed by atoms with Gasteiger partial charge in [0.1, 0.15) is 0 Å². The number of primary amides is 1. The molecule has 3 rings (SSSR count). The van der Waals surface area contributed by atoms with E-state index in [2.05, 4.69) is 4.90 Å². The second kappa shape index (κ2) is 6.82. The molecule has 2 aliphatic rings. The lowest BCUT2D eigenvalue weighted by Gasteiger charge is -2.20. The molecule has 2 aliphatic heterocycles. The molecular weight excluding hydrogens is 326 g/mol. The zero-order valence-electron chi connectivity index (χ0n) is 14.1. The molecule has 7 heteroatoms. The summed E-state index contributed by atoms with van der Waals surface area (Å²) in [5.74, 6) is -0.211. The van der Waals surface area contributed by atoms with Gasteiger partial charge in [-0.25, -0.2) is 8.42 Å². The summed E-state index contributed by atoms with van der Waals surface area (Å²) in [6.07, 6.45) is 3.38. The number of rotatable bonds is 5. The molecule has 0 bridgehead atoms. The molecule has 2 heterocycles. The first kappa shape index (κ1) is 17.4. The molecule has 1 aromatic carbocycles. The van der Waals surface area contributed by atoms with E-state index < -0.39 is 15.9 Å². The Morgan fingerprint density at radius 2 is 1.96 bits per heavy atom. The van der Waals surface area contributed by atoms with Crippen LogP contribution in [0.5, 0.6) is 0 Å². The SMILES string of the molecule is Cc1ccc(S(=O)(=O)N2CCC(CN3CCCC3)C2)cc1C(N)=O. The van der Waals surface area contributed by atoms with Crippen LogP contribution in [0.15, 0.2) is 23.1 Å². The van der Waals surface area contributed by atoms with Crippen molar-refractivity contribution in [2.45, 2.75) is 31.1 Å². The molecule has 0 radical (unpaired) electrons. The van der Waals surface area contributed by atoms with Gasteiger partial charge in [0.25, 0.3) is 0 Å². The van der Waals surface area contributed by atoms with Gasteiger partial charge in [0.2, 0.25) is 15.9 Å². The molecule has 2 saturated heterocycles. The molecule has 0 aliphatic carbocycles. The van der Waals surface area contributed by atoms with Crippen molar-refractivity contribution in [2.75, 3.05) is 32.7 Å². The van der Waals surface area contributed by atoms with Gasteiger partial charge in [-0.1, -0.05) is 6.07 Å². The number of carbonyl (C=O) groups is 1. The summed E-state index contributed by atoms with van der Waals surface area (Å²) >= 11 is 0. The first-order valence-electron chi connectivity index (χ1n) is 8.51. The second-order valence-corrected chi connectivity index (χ2v) is 8.80. The molecule has 6 nitrogen and oxygen atoms in total. The van der Waals surface area contributed by atoms with Gasteiger partial charge in [-0.15, -0.1) is 0 Å². The van der Waals surface area contributed by atoms with E-state index in [9.17, 15) is 13.2 Å². The Kier molecular flexibility index (Phi) is 4.94. The minimum atomic E-state index is -3.57. The molecule has 1 unspecified atom stereocenters. The molecule has 0 saturated carbocycles. The Morgan fingerprint density at radius 1 is 1.25 bits per heavy atom. The molecule has 0 spiro atoms. The standard InChI is InChI=1S/C17H25N3O3S/c1-13-4-5-15(10-16(13)17(18)21)24(22,23)20-9-6-14(12-20)11-19-7-2-3-8-19/h4-5,10,14H,2-3,6-9,11-12H2,1H3,(H2,18,21). The lowest BCUT2D eigenvalue weighted by molar-refractivity contribution is 0.0999. The Balaban J connectivity index is 1.74. The summed E-state index contributed by atoms with van der Waals surface area (Å²) in [5.41, 5.74) is 6.30. The molecule has 0 aromatic heterocycles. The van der Waals surface area contributed by atoms with Crippen LogP contribution in [0.25, 0.3) is 0 Å². The van der Waals surface area contributed by atoms with E-state index in [1.807, 2.05) is 0 Å². The molecule has 1 amide bonds. The molecule has 2 N–H and O–H groups in total. The van der Waals surface area contributed by atoms with Crippen molar-refractivity contribution < 1.29 is 13.2 Å². The molecular formula is C17H25N3O3S.